The molecule has 3 heterocycles. The summed E-state index contributed by atoms with van der Waals surface area (Å²) in [6.45, 7) is 6.05. The molecule has 1 atom stereocenters. The molecule has 0 saturated carbocycles. The van der Waals surface area contributed by atoms with Gasteiger partial charge in [-0.05, 0) is 55.3 Å². The van der Waals surface area contributed by atoms with Crippen molar-refractivity contribution in [3.8, 4) is 5.75 Å². The smallest absolute Gasteiger partial charge is 0.290 e. The summed E-state index contributed by atoms with van der Waals surface area (Å²) in [5, 5.41) is 11.7. The molecule has 4 aromatic rings. The van der Waals surface area contributed by atoms with Gasteiger partial charge in [-0.2, -0.15) is 0 Å². The van der Waals surface area contributed by atoms with Gasteiger partial charge in [0.25, 0.3) is 5.91 Å². The van der Waals surface area contributed by atoms with Crippen LogP contribution in [0.1, 0.15) is 41.6 Å². The number of anilines is 1. The summed E-state index contributed by atoms with van der Waals surface area (Å²) in [5.41, 5.74) is 2.93. The van der Waals surface area contributed by atoms with Gasteiger partial charge in [-0.25, -0.2) is 0 Å². The van der Waals surface area contributed by atoms with Crippen LogP contribution in [-0.2, 0) is 11.3 Å². The number of amides is 1. The van der Waals surface area contributed by atoms with Crippen molar-refractivity contribution < 1.29 is 23.8 Å². The minimum absolute atomic E-state index is 0.0202. The number of carbonyl (C=O) groups excluding carboxylic acids is 2. The number of para-hydroxylation sites is 1. The molecule has 8 nitrogen and oxygen atoms in total. The largest absolute Gasteiger partial charge is 0.503 e. The van der Waals surface area contributed by atoms with Crippen molar-refractivity contribution >= 4 is 28.3 Å². The molecule has 1 aliphatic rings. The van der Waals surface area contributed by atoms with Crippen LogP contribution in [0.25, 0.3) is 11.0 Å². The minimum Gasteiger partial charge on any atom is -0.503 e. The number of aliphatic hydroxyl groups is 1. The Morgan fingerprint density at radius 1 is 1.11 bits per heavy atom. The number of rotatable bonds is 9. The molecule has 0 radical (unpaired) electrons. The van der Waals surface area contributed by atoms with Crippen molar-refractivity contribution in [2.24, 2.45) is 0 Å². The molecule has 38 heavy (non-hydrogen) atoms. The standard InChI is InChI=1S/C30H29N3O5/c1-4-32(5-2)22-13-11-20(12-14-22)26-25(28(35)30(36)33(26)18-19-8-7-15-31-17-19)27(34)24-16-21-9-6-10-23(37-3)29(21)38-24/h6-17,26,35H,4-5,18H2,1-3H3. The van der Waals surface area contributed by atoms with Gasteiger partial charge in [-0.1, -0.05) is 30.3 Å². The lowest BCUT2D eigenvalue weighted by Crippen LogP contribution is -2.30. The van der Waals surface area contributed by atoms with Crippen molar-refractivity contribution in [2.45, 2.75) is 26.4 Å². The third kappa shape index (κ3) is 4.38. The second kappa shape index (κ2) is 10.4. The third-order valence-corrected chi connectivity index (χ3v) is 6.91. The van der Waals surface area contributed by atoms with Crippen LogP contribution < -0.4 is 9.64 Å². The van der Waals surface area contributed by atoms with Gasteiger partial charge in [0.15, 0.2) is 22.9 Å². The van der Waals surface area contributed by atoms with Crippen LogP contribution in [-0.4, -0.2) is 46.9 Å². The number of hydrogen-bond donors (Lipinski definition) is 1. The fourth-order valence-electron chi connectivity index (χ4n) is 4.98. The quantitative estimate of drug-likeness (QED) is 0.298. The zero-order chi connectivity index (χ0) is 26.8. The Labute approximate surface area is 220 Å². The van der Waals surface area contributed by atoms with Crippen LogP contribution in [0.3, 0.4) is 0 Å². The molecular weight excluding hydrogens is 482 g/mol. The first-order valence-corrected chi connectivity index (χ1v) is 12.6. The minimum atomic E-state index is -0.809. The van der Waals surface area contributed by atoms with Gasteiger partial charge in [-0.3, -0.25) is 14.6 Å². The lowest BCUT2D eigenvalue weighted by atomic mass is 9.94. The predicted molar refractivity (Wildman–Crippen MR) is 144 cm³/mol. The Hall–Kier alpha value is -4.59. The number of aromatic nitrogens is 1. The van der Waals surface area contributed by atoms with E-state index in [9.17, 15) is 14.7 Å². The van der Waals surface area contributed by atoms with E-state index in [-0.39, 0.29) is 17.9 Å². The number of benzene rings is 2. The third-order valence-electron chi connectivity index (χ3n) is 6.91. The molecule has 0 aliphatic carbocycles. The topological polar surface area (TPSA) is 96.1 Å². The van der Waals surface area contributed by atoms with E-state index in [1.165, 1.54) is 12.0 Å². The zero-order valence-corrected chi connectivity index (χ0v) is 21.5. The van der Waals surface area contributed by atoms with Crippen molar-refractivity contribution in [2.75, 3.05) is 25.1 Å². The first-order chi connectivity index (χ1) is 18.5. The summed E-state index contributed by atoms with van der Waals surface area (Å²) in [7, 11) is 1.52. The fourth-order valence-corrected chi connectivity index (χ4v) is 4.98. The number of nitrogens with zero attached hydrogens (tertiary/aromatic N) is 3. The highest BCUT2D eigenvalue weighted by atomic mass is 16.5. The van der Waals surface area contributed by atoms with Gasteiger partial charge in [0.05, 0.1) is 18.7 Å². The van der Waals surface area contributed by atoms with E-state index in [4.69, 9.17) is 9.15 Å². The van der Waals surface area contributed by atoms with E-state index in [0.717, 1.165) is 24.3 Å². The number of furan rings is 1. The number of ether oxygens (including phenoxy) is 1. The molecule has 0 spiro atoms. The van der Waals surface area contributed by atoms with Crippen LogP contribution in [0, 0.1) is 0 Å². The first-order valence-electron chi connectivity index (χ1n) is 12.6. The molecule has 1 amide bonds. The highest BCUT2D eigenvalue weighted by Crippen LogP contribution is 2.41. The van der Waals surface area contributed by atoms with Crippen molar-refractivity contribution in [3.63, 3.8) is 0 Å². The van der Waals surface area contributed by atoms with Crippen molar-refractivity contribution in [1.29, 1.82) is 0 Å². The van der Waals surface area contributed by atoms with Crippen LogP contribution in [0.15, 0.2) is 88.8 Å². The molecule has 8 heteroatoms. The second-order valence-electron chi connectivity index (χ2n) is 9.04. The fraction of sp³-hybridized carbons (Fsp3) is 0.233. The zero-order valence-electron chi connectivity index (χ0n) is 21.5. The Morgan fingerprint density at radius 3 is 2.53 bits per heavy atom. The number of fused-ring (bicyclic) bond motifs is 1. The molecule has 1 unspecified atom stereocenters. The van der Waals surface area contributed by atoms with Gasteiger partial charge >= 0.3 is 0 Å². The van der Waals surface area contributed by atoms with Crippen molar-refractivity contribution in [3.05, 3.63) is 101 Å². The highest BCUT2D eigenvalue weighted by Gasteiger charge is 2.44. The predicted octanol–water partition coefficient (Wildman–Crippen LogP) is 5.46. The maximum absolute atomic E-state index is 13.9. The van der Waals surface area contributed by atoms with Gasteiger partial charge in [0.1, 0.15) is 0 Å². The van der Waals surface area contributed by atoms with E-state index >= 15 is 0 Å². The van der Waals surface area contributed by atoms with E-state index in [2.05, 4.69) is 23.7 Å². The van der Waals surface area contributed by atoms with Gasteiger partial charge in [-0.15, -0.1) is 0 Å². The molecule has 0 bridgehead atoms. The van der Waals surface area contributed by atoms with Crippen LogP contribution in [0.2, 0.25) is 0 Å². The second-order valence-corrected chi connectivity index (χ2v) is 9.04. The number of carbonyl (C=O) groups is 2. The molecule has 2 aromatic heterocycles. The molecule has 194 valence electrons. The normalized spacial score (nSPS) is 15.4. The molecular formula is C30H29N3O5. The number of pyridine rings is 1. The SMILES string of the molecule is CCN(CC)c1ccc(C2C(C(=O)c3cc4cccc(OC)c4o3)=C(O)C(=O)N2Cc2cccnc2)cc1. The highest BCUT2D eigenvalue weighted by molar-refractivity contribution is 6.16. The maximum atomic E-state index is 13.9. The molecule has 5 rings (SSSR count). The first kappa shape index (κ1) is 25.1. The van der Waals surface area contributed by atoms with Gasteiger partial charge < -0.3 is 24.1 Å². The van der Waals surface area contributed by atoms with Crippen LogP contribution in [0.4, 0.5) is 5.69 Å². The Balaban J connectivity index is 1.59. The summed E-state index contributed by atoms with van der Waals surface area (Å²) in [6.07, 6.45) is 3.31. The summed E-state index contributed by atoms with van der Waals surface area (Å²) in [6, 6.07) is 17.5. The maximum Gasteiger partial charge on any atom is 0.290 e. The number of hydrogen-bond acceptors (Lipinski definition) is 7. The number of Topliss-reactive ketones (excluding diaryl/α,β-unsaturated/α-hetero) is 1. The number of methoxy groups -OCH3 is 1. The summed E-state index contributed by atoms with van der Waals surface area (Å²) in [4.78, 5) is 35.1. The van der Waals surface area contributed by atoms with Crippen molar-refractivity contribution in [1.82, 2.24) is 9.88 Å². The molecule has 2 aromatic carbocycles. The number of ketones is 1. The molecule has 1 N–H and O–H groups in total. The Morgan fingerprint density at radius 2 is 1.87 bits per heavy atom. The van der Waals surface area contributed by atoms with E-state index in [0.29, 0.717) is 22.3 Å². The van der Waals surface area contributed by atoms with Gasteiger partial charge in [0, 0.05) is 43.1 Å². The average molecular weight is 512 g/mol. The van der Waals surface area contributed by atoms with E-state index in [1.807, 2.05) is 36.4 Å². The Bertz CT molecular complexity index is 1500. The lowest BCUT2D eigenvalue weighted by Gasteiger charge is -2.27. The van der Waals surface area contributed by atoms with Crippen LogP contribution >= 0.6 is 0 Å². The van der Waals surface area contributed by atoms with Crippen LogP contribution in [0.5, 0.6) is 5.75 Å². The molecule has 0 saturated heterocycles. The summed E-state index contributed by atoms with van der Waals surface area (Å²) < 4.78 is 11.3. The lowest BCUT2D eigenvalue weighted by molar-refractivity contribution is -0.130. The summed E-state index contributed by atoms with van der Waals surface area (Å²) >= 11 is 0. The number of aliphatic hydroxyl groups excluding tert-OH is 1. The summed E-state index contributed by atoms with van der Waals surface area (Å²) in [5.74, 6) is -1.25. The van der Waals surface area contributed by atoms with E-state index < -0.39 is 23.5 Å². The average Bonchev–Trinajstić information content (AvgIpc) is 3.49. The van der Waals surface area contributed by atoms with E-state index in [1.54, 1.807) is 36.7 Å². The molecule has 1 aliphatic heterocycles. The molecule has 0 fully saturated rings. The van der Waals surface area contributed by atoms with Gasteiger partial charge in [0.2, 0.25) is 5.78 Å². The Kier molecular flexibility index (Phi) is 6.87. The monoisotopic (exact) mass is 511 g/mol.